The predicted molar refractivity (Wildman–Crippen MR) is 284 cm³/mol. The lowest BCUT2D eigenvalue weighted by Gasteiger charge is -2.35. The van der Waals surface area contributed by atoms with Gasteiger partial charge in [-0.05, 0) is 101 Å². The summed E-state index contributed by atoms with van der Waals surface area (Å²) < 4.78 is 51.7. The van der Waals surface area contributed by atoms with Crippen LogP contribution in [0, 0.1) is 23.7 Å². The van der Waals surface area contributed by atoms with Gasteiger partial charge in [0, 0.05) is 0 Å². The number of amides is 4. The third-order valence-electron chi connectivity index (χ3n) is 13.0. The number of nitrogens with one attached hydrogen (secondary N) is 4. The molecule has 8 atom stereocenters. The summed E-state index contributed by atoms with van der Waals surface area (Å²) in [6, 6.07) is 31.2. The lowest BCUT2D eigenvalue weighted by Crippen LogP contribution is -2.62. The van der Waals surface area contributed by atoms with E-state index in [9.17, 15) is 46.2 Å². The molecule has 0 spiro atoms. The summed E-state index contributed by atoms with van der Waals surface area (Å²) in [5.41, 5.74) is 2.87. The molecule has 0 heterocycles. The Hall–Kier alpha value is -5.42. The summed E-state index contributed by atoms with van der Waals surface area (Å²) in [7, 11) is -7.58. The fourth-order valence-corrected chi connectivity index (χ4v) is 10.8. The molecule has 394 valence electrons. The smallest absolute Gasteiger partial charge is 0.243 e. The normalized spacial score (nSPS) is 15.8. The van der Waals surface area contributed by atoms with Gasteiger partial charge >= 0.3 is 0 Å². The molecule has 4 aromatic carbocycles. The summed E-state index contributed by atoms with van der Waals surface area (Å²) >= 11 is 0. The standard InChI is InChI=1S/C56H78N4O10S2/c1-37(2)47(59-51(63)43(31-39-23-15-11-16-24-39)35-71(67,68)55(5,6)7)53(65)57-45(33-41-27-19-13-20-28-41)49(61)50(62)46(34-42-29-21-14-22-30-42)58-54(66)48(38(3)4)60-52(64)44(32-40-25-17-12-18-26-40)36-72(69,70)56(8,9)10/h11-30,37-38,43-50,61-62H,31-36H2,1-10H3,(H,57,65)(H,58,66)(H,59,63)(H,60,64)/t43-,44+,45-,46-,47-,48-,49+,50+/m0/s1. The Balaban J connectivity index is 1.66. The Morgan fingerprint density at radius 3 is 0.903 bits per heavy atom. The van der Waals surface area contributed by atoms with Crippen LogP contribution in [0.25, 0.3) is 0 Å². The van der Waals surface area contributed by atoms with E-state index in [-0.39, 0.29) is 25.7 Å². The zero-order valence-corrected chi connectivity index (χ0v) is 45.2. The first-order chi connectivity index (χ1) is 33.6. The Labute approximate surface area is 428 Å². The number of carbonyl (C=O) groups is 4. The Kier molecular flexibility index (Phi) is 21.4. The van der Waals surface area contributed by atoms with Crippen LogP contribution in [0.1, 0.15) is 91.5 Å². The quantitative estimate of drug-likeness (QED) is 0.0483. The first-order valence-corrected chi connectivity index (χ1v) is 28.1. The minimum atomic E-state index is -3.79. The first-order valence-electron chi connectivity index (χ1n) is 24.8. The number of rotatable bonds is 25. The van der Waals surface area contributed by atoms with Gasteiger partial charge in [0.05, 0.1) is 44.9 Å². The lowest BCUT2D eigenvalue weighted by atomic mass is 9.90. The van der Waals surface area contributed by atoms with Gasteiger partial charge in [0.2, 0.25) is 23.6 Å². The largest absolute Gasteiger partial charge is 0.388 e. The molecule has 0 aromatic heterocycles. The van der Waals surface area contributed by atoms with Crippen molar-refractivity contribution in [1.29, 1.82) is 0 Å². The number of carbonyl (C=O) groups excluding carboxylic acids is 4. The van der Waals surface area contributed by atoms with Gasteiger partial charge in [0.15, 0.2) is 19.7 Å². The van der Waals surface area contributed by atoms with Crippen molar-refractivity contribution < 1.29 is 46.2 Å². The van der Waals surface area contributed by atoms with Crippen molar-refractivity contribution in [3.63, 3.8) is 0 Å². The second kappa shape index (κ2) is 26.0. The molecule has 0 saturated heterocycles. The number of hydrogen-bond acceptors (Lipinski definition) is 10. The van der Waals surface area contributed by atoms with Gasteiger partial charge in [-0.1, -0.05) is 149 Å². The van der Waals surface area contributed by atoms with Gasteiger partial charge in [0.1, 0.15) is 24.3 Å². The summed E-state index contributed by atoms with van der Waals surface area (Å²) in [6.45, 7) is 16.3. The molecular weight excluding hydrogens is 953 g/mol. The van der Waals surface area contributed by atoms with Crippen molar-refractivity contribution >= 4 is 43.3 Å². The van der Waals surface area contributed by atoms with E-state index in [2.05, 4.69) is 21.3 Å². The molecule has 14 nitrogen and oxygen atoms in total. The second-order valence-electron chi connectivity index (χ2n) is 21.6. The zero-order chi connectivity index (χ0) is 53.6. The molecule has 4 aromatic rings. The summed E-state index contributed by atoms with van der Waals surface area (Å²) in [4.78, 5) is 57.4. The van der Waals surface area contributed by atoms with E-state index in [1.165, 1.54) is 0 Å². The molecule has 0 unspecified atom stereocenters. The van der Waals surface area contributed by atoms with Crippen LogP contribution >= 0.6 is 0 Å². The number of aliphatic hydroxyl groups excluding tert-OH is 2. The fourth-order valence-electron chi connectivity index (χ4n) is 8.17. The topological polar surface area (TPSA) is 225 Å². The SMILES string of the molecule is CC(C)[C@H](NC(=O)[C@H](Cc1ccccc1)CS(=O)(=O)C(C)(C)C)C(=O)N[C@@H](Cc1ccccc1)[C@@H](O)[C@H](O)[C@H](Cc1ccccc1)NC(=O)[C@@H](NC(=O)[C@@H](Cc1ccccc1)CS(=O)(=O)C(C)(C)C)C(C)C. The summed E-state index contributed by atoms with van der Waals surface area (Å²) in [5.74, 6) is -6.71. The Morgan fingerprint density at radius 2 is 0.667 bits per heavy atom. The second-order valence-corrected chi connectivity index (χ2v) is 27.2. The van der Waals surface area contributed by atoms with E-state index in [0.29, 0.717) is 11.1 Å². The van der Waals surface area contributed by atoms with Crippen LogP contribution in [-0.4, -0.2) is 108 Å². The van der Waals surface area contributed by atoms with Crippen molar-refractivity contribution in [2.45, 2.75) is 141 Å². The molecule has 0 bridgehead atoms. The highest BCUT2D eigenvalue weighted by molar-refractivity contribution is 7.93. The minimum absolute atomic E-state index is 0.0149. The molecule has 0 fully saturated rings. The van der Waals surface area contributed by atoms with Crippen LogP contribution in [0.2, 0.25) is 0 Å². The van der Waals surface area contributed by atoms with Gasteiger partial charge in [-0.2, -0.15) is 0 Å². The van der Waals surface area contributed by atoms with Crippen molar-refractivity contribution in [3.8, 4) is 0 Å². The maximum Gasteiger partial charge on any atom is 0.243 e. The van der Waals surface area contributed by atoms with Crippen LogP contribution in [0.3, 0.4) is 0 Å². The first kappa shape index (κ1) is 59.1. The van der Waals surface area contributed by atoms with E-state index in [1.807, 2.05) is 12.1 Å². The predicted octanol–water partition coefficient (Wildman–Crippen LogP) is 5.59. The monoisotopic (exact) mass is 1030 g/mol. The van der Waals surface area contributed by atoms with Crippen LogP contribution in [-0.2, 0) is 64.5 Å². The third kappa shape index (κ3) is 17.4. The van der Waals surface area contributed by atoms with Gasteiger partial charge in [-0.15, -0.1) is 0 Å². The Bertz CT molecular complexity index is 2400. The Morgan fingerprint density at radius 1 is 0.417 bits per heavy atom. The van der Waals surface area contributed by atoms with E-state index < -0.39 is 124 Å². The molecule has 72 heavy (non-hydrogen) atoms. The van der Waals surface area contributed by atoms with E-state index in [4.69, 9.17) is 0 Å². The third-order valence-corrected chi connectivity index (χ3v) is 18.4. The highest BCUT2D eigenvalue weighted by atomic mass is 32.2. The van der Waals surface area contributed by atoms with Crippen LogP contribution in [0.4, 0.5) is 0 Å². The van der Waals surface area contributed by atoms with Crippen molar-refractivity contribution in [2.75, 3.05) is 11.5 Å². The maximum atomic E-state index is 14.5. The van der Waals surface area contributed by atoms with Crippen LogP contribution < -0.4 is 21.3 Å². The lowest BCUT2D eigenvalue weighted by molar-refractivity contribution is -0.134. The number of benzene rings is 4. The van der Waals surface area contributed by atoms with Crippen molar-refractivity contribution in [2.24, 2.45) is 23.7 Å². The molecule has 0 aliphatic carbocycles. The average Bonchev–Trinajstić information content (AvgIpc) is 3.31. The maximum absolute atomic E-state index is 14.5. The molecule has 0 saturated carbocycles. The molecule has 16 heteroatoms. The highest BCUT2D eigenvalue weighted by Gasteiger charge is 2.41. The summed E-state index contributed by atoms with van der Waals surface area (Å²) in [5, 5.41) is 36.0. The highest BCUT2D eigenvalue weighted by Crippen LogP contribution is 2.24. The number of sulfone groups is 2. The minimum Gasteiger partial charge on any atom is -0.388 e. The molecule has 0 radical (unpaired) electrons. The average molecular weight is 1030 g/mol. The van der Waals surface area contributed by atoms with Gasteiger partial charge in [0.25, 0.3) is 0 Å². The van der Waals surface area contributed by atoms with E-state index in [1.54, 1.807) is 178 Å². The van der Waals surface area contributed by atoms with E-state index >= 15 is 0 Å². The van der Waals surface area contributed by atoms with Gasteiger partial charge in [-0.25, -0.2) is 16.8 Å². The van der Waals surface area contributed by atoms with Crippen LogP contribution in [0.5, 0.6) is 0 Å². The molecular formula is C56H78N4O10S2. The zero-order valence-electron chi connectivity index (χ0n) is 43.5. The van der Waals surface area contributed by atoms with Gasteiger partial charge < -0.3 is 31.5 Å². The van der Waals surface area contributed by atoms with Crippen LogP contribution in [0.15, 0.2) is 121 Å². The van der Waals surface area contributed by atoms with Crippen molar-refractivity contribution in [3.05, 3.63) is 144 Å². The summed E-state index contributed by atoms with van der Waals surface area (Å²) in [6.07, 6.45) is -3.25. The molecule has 6 N–H and O–H groups in total. The van der Waals surface area contributed by atoms with E-state index in [0.717, 1.165) is 11.1 Å². The van der Waals surface area contributed by atoms with Gasteiger partial charge in [-0.3, -0.25) is 19.2 Å². The number of hydrogen-bond donors (Lipinski definition) is 6. The molecule has 0 aliphatic rings. The van der Waals surface area contributed by atoms with Crippen molar-refractivity contribution in [1.82, 2.24) is 21.3 Å². The molecule has 0 aliphatic heterocycles. The fraction of sp³-hybridized carbons (Fsp3) is 0.500. The molecule has 4 amide bonds. The number of aliphatic hydroxyl groups is 2. The molecule has 4 rings (SSSR count).